The number of rotatable bonds is 6. The van der Waals surface area contributed by atoms with E-state index in [-0.39, 0.29) is 5.41 Å². The first-order valence-electron chi connectivity index (χ1n) is 6.86. The molecule has 1 heterocycles. The quantitative estimate of drug-likeness (QED) is 0.878. The number of para-hydroxylation sites is 1. The molecule has 0 spiro atoms. The van der Waals surface area contributed by atoms with Gasteiger partial charge in [0.05, 0.1) is 10.2 Å². The maximum absolute atomic E-state index is 5.86. The number of nitrogens with zero attached hydrogens (tertiary/aromatic N) is 2. The maximum Gasteiger partial charge on any atom is 0.186 e. The molecule has 2 aromatic rings. The van der Waals surface area contributed by atoms with E-state index >= 15 is 0 Å². The summed E-state index contributed by atoms with van der Waals surface area (Å²) in [6.45, 7) is 9.31. The van der Waals surface area contributed by atoms with E-state index in [9.17, 15) is 0 Å². The lowest BCUT2D eigenvalue weighted by Gasteiger charge is -2.31. The molecule has 0 amide bonds. The Morgan fingerprint density at radius 2 is 2.05 bits per heavy atom. The number of anilines is 1. The van der Waals surface area contributed by atoms with E-state index in [4.69, 9.17) is 10.7 Å². The van der Waals surface area contributed by atoms with Crippen LogP contribution in [-0.4, -0.2) is 24.6 Å². The highest BCUT2D eigenvalue weighted by Crippen LogP contribution is 2.30. The highest BCUT2D eigenvalue weighted by atomic mass is 32.1. The summed E-state index contributed by atoms with van der Waals surface area (Å²) in [5.74, 6) is 0. The summed E-state index contributed by atoms with van der Waals surface area (Å²) in [7, 11) is 0. The first kappa shape index (κ1) is 14.3. The van der Waals surface area contributed by atoms with Crippen molar-refractivity contribution in [3.63, 3.8) is 0 Å². The van der Waals surface area contributed by atoms with Gasteiger partial charge >= 0.3 is 0 Å². The van der Waals surface area contributed by atoms with Crippen LogP contribution in [0.1, 0.15) is 27.2 Å². The van der Waals surface area contributed by atoms with E-state index in [1.54, 1.807) is 11.3 Å². The summed E-state index contributed by atoms with van der Waals surface area (Å²) >= 11 is 1.77. The third kappa shape index (κ3) is 3.45. The molecule has 0 aliphatic rings. The van der Waals surface area contributed by atoms with Gasteiger partial charge in [-0.3, -0.25) is 0 Å². The fraction of sp³-hybridized carbons (Fsp3) is 0.533. The fourth-order valence-corrected chi connectivity index (χ4v) is 3.08. The molecule has 2 N–H and O–H groups in total. The Morgan fingerprint density at radius 3 is 2.68 bits per heavy atom. The number of hydrogen-bond acceptors (Lipinski definition) is 4. The Kier molecular flexibility index (Phi) is 4.42. The van der Waals surface area contributed by atoms with Gasteiger partial charge < -0.3 is 10.6 Å². The van der Waals surface area contributed by atoms with Crippen LogP contribution >= 0.6 is 11.3 Å². The van der Waals surface area contributed by atoms with Gasteiger partial charge in [-0.25, -0.2) is 4.98 Å². The number of benzene rings is 1. The predicted octanol–water partition coefficient (Wildman–Crippen LogP) is 3.50. The third-order valence-corrected chi connectivity index (χ3v) is 4.32. The van der Waals surface area contributed by atoms with Gasteiger partial charge in [0.1, 0.15) is 0 Å². The molecule has 0 saturated carbocycles. The molecule has 0 bridgehead atoms. The Labute approximate surface area is 119 Å². The Hall–Kier alpha value is -1.13. The molecule has 0 saturated heterocycles. The first-order valence-corrected chi connectivity index (χ1v) is 7.68. The molecular weight excluding hydrogens is 254 g/mol. The number of nitrogens with two attached hydrogens (primary N) is 1. The summed E-state index contributed by atoms with van der Waals surface area (Å²) in [5.41, 5.74) is 7.07. The Bertz CT molecular complexity index is 500. The van der Waals surface area contributed by atoms with E-state index in [1.165, 1.54) is 4.70 Å². The molecule has 0 radical (unpaired) electrons. The average Bonchev–Trinajstić information content (AvgIpc) is 2.82. The van der Waals surface area contributed by atoms with Crippen molar-refractivity contribution in [1.82, 2.24) is 4.98 Å². The van der Waals surface area contributed by atoms with Crippen LogP contribution in [-0.2, 0) is 0 Å². The SMILES string of the molecule is CCCN(CC(C)(C)CN)c1nc2ccccc2s1. The lowest BCUT2D eigenvalue weighted by atomic mass is 9.93. The third-order valence-electron chi connectivity index (χ3n) is 3.22. The fourth-order valence-electron chi connectivity index (χ4n) is 2.09. The lowest BCUT2D eigenvalue weighted by Crippen LogP contribution is -2.39. The van der Waals surface area contributed by atoms with E-state index in [2.05, 4.69) is 43.9 Å². The van der Waals surface area contributed by atoms with Gasteiger partial charge in [-0.1, -0.05) is 44.2 Å². The van der Waals surface area contributed by atoms with E-state index in [0.29, 0.717) is 6.54 Å². The minimum atomic E-state index is 0.118. The summed E-state index contributed by atoms with van der Waals surface area (Å²) in [6, 6.07) is 8.32. The number of hydrogen-bond donors (Lipinski definition) is 1. The normalized spacial score (nSPS) is 12.0. The molecule has 0 aliphatic carbocycles. The Morgan fingerprint density at radius 1 is 1.32 bits per heavy atom. The van der Waals surface area contributed by atoms with Crippen molar-refractivity contribution in [3.8, 4) is 0 Å². The second-order valence-corrected chi connectivity index (χ2v) is 6.76. The van der Waals surface area contributed by atoms with Gasteiger partial charge in [0.25, 0.3) is 0 Å². The first-order chi connectivity index (χ1) is 9.05. The smallest absolute Gasteiger partial charge is 0.186 e. The highest BCUT2D eigenvalue weighted by Gasteiger charge is 2.22. The van der Waals surface area contributed by atoms with Crippen molar-refractivity contribution in [1.29, 1.82) is 0 Å². The zero-order valence-electron chi connectivity index (χ0n) is 12.0. The largest absolute Gasteiger partial charge is 0.347 e. The average molecular weight is 277 g/mol. The van der Waals surface area contributed by atoms with Gasteiger partial charge in [0.2, 0.25) is 0 Å². The molecule has 0 atom stereocenters. The van der Waals surface area contributed by atoms with Crippen molar-refractivity contribution in [2.24, 2.45) is 11.1 Å². The van der Waals surface area contributed by atoms with Crippen LogP contribution in [0.3, 0.4) is 0 Å². The summed E-state index contributed by atoms with van der Waals surface area (Å²) in [5, 5.41) is 1.12. The van der Waals surface area contributed by atoms with Gasteiger partial charge in [0.15, 0.2) is 5.13 Å². The van der Waals surface area contributed by atoms with Gasteiger partial charge in [-0.05, 0) is 30.5 Å². The summed E-state index contributed by atoms with van der Waals surface area (Å²) in [4.78, 5) is 7.13. The predicted molar refractivity (Wildman–Crippen MR) is 85.0 cm³/mol. The van der Waals surface area contributed by atoms with Crippen LogP contribution < -0.4 is 10.6 Å². The molecule has 19 heavy (non-hydrogen) atoms. The second kappa shape index (κ2) is 5.88. The topological polar surface area (TPSA) is 42.1 Å². The molecule has 104 valence electrons. The van der Waals surface area contributed by atoms with E-state index < -0.39 is 0 Å². The highest BCUT2D eigenvalue weighted by molar-refractivity contribution is 7.22. The van der Waals surface area contributed by atoms with Crippen LogP contribution in [0.5, 0.6) is 0 Å². The minimum absolute atomic E-state index is 0.118. The number of fused-ring (bicyclic) bond motifs is 1. The van der Waals surface area contributed by atoms with Crippen LogP contribution in [0.15, 0.2) is 24.3 Å². The maximum atomic E-state index is 5.86. The molecule has 1 aromatic heterocycles. The summed E-state index contributed by atoms with van der Waals surface area (Å²) in [6.07, 6.45) is 1.12. The van der Waals surface area contributed by atoms with Crippen LogP contribution in [0.4, 0.5) is 5.13 Å². The van der Waals surface area contributed by atoms with Crippen molar-refractivity contribution >= 4 is 26.7 Å². The zero-order chi connectivity index (χ0) is 13.9. The van der Waals surface area contributed by atoms with E-state index in [0.717, 1.165) is 30.2 Å². The van der Waals surface area contributed by atoms with Gasteiger partial charge in [-0.2, -0.15) is 0 Å². The van der Waals surface area contributed by atoms with Crippen LogP contribution in [0.2, 0.25) is 0 Å². The standard InChI is InChI=1S/C15H23N3S/c1-4-9-18(11-15(2,3)10-16)14-17-12-7-5-6-8-13(12)19-14/h5-8H,4,9-11,16H2,1-3H3. The number of thiazole rings is 1. The molecule has 0 fully saturated rings. The monoisotopic (exact) mass is 277 g/mol. The van der Waals surface area contributed by atoms with Gasteiger partial charge in [-0.15, -0.1) is 0 Å². The van der Waals surface area contributed by atoms with Crippen LogP contribution in [0.25, 0.3) is 10.2 Å². The summed E-state index contributed by atoms with van der Waals surface area (Å²) < 4.78 is 1.25. The molecule has 4 heteroatoms. The number of aromatic nitrogens is 1. The molecular formula is C15H23N3S. The second-order valence-electron chi connectivity index (χ2n) is 5.75. The van der Waals surface area contributed by atoms with Gasteiger partial charge in [0, 0.05) is 13.1 Å². The van der Waals surface area contributed by atoms with E-state index in [1.807, 2.05) is 6.07 Å². The minimum Gasteiger partial charge on any atom is -0.347 e. The Balaban J connectivity index is 2.27. The molecule has 0 aliphatic heterocycles. The van der Waals surface area contributed by atoms with Crippen LogP contribution in [0, 0.1) is 5.41 Å². The van der Waals surface area contributed by atoms with Crippen molar-refractivity contribution in [2.45, 2.75) is 27.2 Å². The lowest BCUT2D eigenvalue weighted by molar-refractivity contribution is 0.377. The van der Waals surface area contributed by atoms with Crippen molar-refractivity contribution < 1.29 is 0 Å². The molecule has 2 rings (SSSR count). The van der Waals surface area contributed by atoms with Crippen molar-refractivity contribution in [3.05, 3.63) is 24.3 Å². The zero-order valence-corrected chi connectivity index (χ0v) is 12.8. The molecule has 1 aromatic carbocycles. The molecule has 3 nitrogen and oxygen atoms in total. The molecule has 0 unspecified atom stereocenters. The van der Waals surface area contributed by atoms with Crippen molar-refractivity contribution in [2.75, 3.05) is 24.5 Å².